The number of nitrogens with zero attached hydrogens (tertiary/aromatic N) is 4. The van der Waals surface area contributed by atoms with Gasteiger partial charge in [-0.3, -0.25) is 4.90 Å². The maximum absolute atomic E-state index is 6.48. The van der Waals surface area contributed by atoms with Crippen LogP contribution in [0, 0.1) is 0 Å². The van der Waals surface area contributed by atoms with Crippen molar-refractivity contribution in [1.29, 1.82) is 0 Å². The van der Waals surface area contributed by atoms with Gasteiger partial charge in [0.25, 0.3) is 0 Å². The van der Waals surface area contributed by atoms with Crippen molar-refractivity contribution in [2.24, 2.45) is 5.10 Å². The molecule has 0 aromatic heterocycles. The van der Waals surface area contributed by atoms with Gasteiger partial charge in [-0.05, 0) is 78.9 Å². The first-order chi connectivity index (χ1) is 20.5. The van der Waals surface area contributed by atoms with Gasteiger partial charge in [0.1, 0.15) is 6.61 Å². The summed E-state index contributed by atoms with van der Waals surface area (Å²) in [5, 5.41) is 7.32. The molecule has 0 saturated carbocycles. The van der Waals surface area contributed by atoms with Gasteiger partial charge < -0.3 is 9.64 Å². The Bertz CT molecular complexity index is 1720. The van der Waals surface area contributed by atoms with E-state index in [4.69, 9.17) is 9.84 Å². The number of benzene rings is 4. The van der Waals surface area contributed by atoms with Crippen LogP contribution in [0.15, 0.2) is 133 Å². The summed E-state index contributed by atoms with van der Waals surface area (Å²) in [4.78, 5) is 4.65. The van der Waals surface area contributed by atoms with E-state index in [0.29, 0.717) is 6.61 Å². The molecule has 1 saturated heterocycles. The summed E-state index contributed by atoms with van der Waals surface area (Å²) in [5.41, 5.74) is 6.75. The van der Waals surface area contributed by atoms with E-state index < -0.39 is 0 Å². The van der Waals surface area contributed by atoms with Crippen molar-refractivity contribution in [2.75, 3.05) is 23.6 Å². The second-order valence-electron chi connectivity index (χ2n) is 10.5. The molecule has 4 aromatic rings. The minimum atomic E-state index is 0.00555. The lowest BCUT2D eigenvalue weighted by Crippen LogP contribution is -2.46. The molecule has 1 fully saturated rings. The zero-order valence-electron chi connectivity index (χ0n) is 22.8. The molecule has 0 unspecified atom stereocenters. The Morgan fingerprint density at radius 3 is 2.31 bits per heavy atom. The number of allylic oxidation sites excluding steroid dienone is 1. The smallest absolute Gasteiger partial charge is 0.161 e. The maximum Gasteiger partial charge on any atom is 0.161 e. The lowest BCUT2D eigenvalue weighted by molar-refractivity contribution is 0.0128. The van der Waals surface area contributed by atoms with Crippen LogP contribution in [0.3, 0.4) is 0 Å². The van der Waals surface area contributed by atoms with E-state index in [9.17, 15) is 0 Å². The number of hydrazone groups is 1. The number of para-hydroxylation sites is 1. The molecular weight excluding hydrogens is 720 g/mol. The number of ether oxygens (including phenoxy) is 1. The first kappa shape index (κ1) is 27.7. The molecule has 1 aliphatic carbocycles. The van der Waals surface area contributed by atoms with Gasteiger partial charge in [0.15, 0.2) is 11.7 Å². The van der Waals surface area contributed by atoms with Gasteiger partial charge in [-0.25, -0.2) is 5.01 Å². The van der Waals surface area contributed by atoms with E-state index in [-0.39, 0.29) is 12.1 Å². The SMILES string of the molecule is CN(C(/C=C/c1ccccc1)=C1\N(c2c(Br)cc(Br)cc2Br)N=C2CO[C@@H]3Cc4ccccc4[C@@H]3N21)c1ccccc1. The number of morpholine rings is 1. The number of rotatable bonds is 5. The van der Waals surface area contributed by atoms with Crippen molar-refractivity contribution < 1.29 is 4.74 Å². The summed E-state index contributed by atoms with van der Waals surface area (Å²) >= 11 is 11.3. The summed E-state index contributed by atoms with van der Waals surface area (Å²) in [6.07, 6.45) is 5.29. The number of fused-ring (bicyclic) bond motifs is 5. The average molecular weight is 747 g/mol. The molecule has 210 valence electrons. The quantitative estimate of drug-likeness (QED) is 0.204. The lowest BCUT2D eigenvalue weighted by Gasteiger charge is -2.39. The fourth-order valence-electron chi connectivity index (χ4n) is 5.99. The monoisotopic (exact) mass is 744 g/mol. The molecule has 0 bridgehead atoms. The van der Waals surface area contributed by atoms with Gasteiger partial charge in [-0.2, -0.15) is 0 Å². The Balaban J connectivity index is 1.49. The molecule has 2 heterocycles. The van der Waals surface area contributed by atoms with Gasteiger partial charge in [0, 0.05) is 32.6 Å². The predicted octanol–water partition coefficient (Wildman–Crippen LogP) is 9.12. The summed E-state index contributed by atoms with van der Waals surface area (Å²) in [5.74, 6) is 1.86. The highest BCUT2D eigenvalue weighted by molar-refractivity contribution is 9.11. The molecule has 5 nitrogen and oxygen atoms in total. The summed E-state index contributed by atoms with van der Waals surface area (Å²) in [7, 11) is 2.12. The van der Waals surface area contributed by atoms with E-state index in [2.05, 4.69) is 167 Å². The molecule has 42 heavy (non-hydrogen) atoms. The third kappa shape index (κ3) is 4.94. The molecule has 0 radical (unpaired) electrons. The van der Waals surface area contributed by atoms with Crippen LogP contribution in [0.25, 0.3) is 6.08 Å². The van der Waals surface area contributed by atoms with Crippen molar-refractivity contribution in [1.82, 2.24) is 4.90 Å². The van der Waals surface area contributed by atoms with E-state index in [1.54, 1.807) is 0 Å². The minimum absolute atomic E-state index is 0.00555. The maximum atomic E-state index is 6.48. The number of hydrogen-bond donors (Lipinski definition) is 0. The minimum Gasteiger partial charge on any atom is -0.367 e. The van der Waals surface area contributed by atoms with Gasteiger partial charge in [-0.15, -0.1) is 5.10 Å². The Kier molecular flexibility index (Phi) is 7.56. The van der Waals surface area contributed by atoms with Crippen molar-refractivity contribution >= 4 is 71.1 Å². The highest BCUT2D eigenvalue weighted by Crippen LogP contribution is 2.49. The number of anilines is 2. The van der Waals surface area contributed by atoms with Gasteiger partial charge >= 0.3 is 0 Å². The summed E-state index contributed by atoms with van der Waals surface area (Å²) < 4.78 is 9.29. The predicted molar refractivity (Wildman–Crippen MR) is 181 cm³/mol. The second-order valence-corrected chi connectivity index (χ2v) is 13.1. The van der Waals surface area contributed by atoms with Crippen molar-refractivity contribution in [3.05, 3.63) is 145 Å². The van der Waals surface area contributed by atoms with Crippen LogP contribution in [0.5, 0.6) is 0 Å². The van der Waals surface area contributed by atoms with Crippen LogP contribution in [-0.4, -0.2) is 30.5 Å². The molecule has 3 aliphatic rings. The fraction of sp³-hybridized carbons (Fsp3) is 0.147. The second kappa shape index (κ2) is 11.5. The number of likely N-dealkylation sites (N-methyl/N-ethyl adjacent to an activating group) is 1. The zero-order valence-corrected chi connectivity index (χ0v) is 27.6. The summed E-state index contributed by atoms with van der Waals surface area (Å²) in [6, 6.07) is 33.7. The molecule has 0 spiro atoms. The Morgan fingerprint density at radius 1 is 0.905 bits per heavy atom. The Hall–Kier alpha value is -3.17. The normalized spacial score (nSPS) is 20.3. The first-order valence-corrected chi connectivity index (χ1v) is 16.1. The van der Waals surface area contributed by atoms with E-state index in [0.717, 1.165) is 54.1 Å². The average Bonchev–Trinajstić information content (AvgIpc) is 3.56. The van der Waals surface area contributed by atoms with Gasteiger partial charge in [0.05, 0.1) is 23.5 Å². The molecular formula is C34H27Br3N4O. The largest absolute Gasteiger partial charge is 0.367 e. The number of halogens is 3. The Labute approximate surface area is 271 Å². The van der Waals surface area contributed by atoms with E-state index >= 15 is 0 Å². The number of amidine groups is 1. The molecule has 0 amide bonds. The molecule has 2 aliphatic heterocycles. The third-order valence-corrected chi connectivity index (χ3v) is 9.60. The lowest BCUT2D eigenvalue weighted by atomic mass is 10.0. The first-order valence-electron chi connectivity index (χ1n) is 13.8. The van der Waals surface area contributed by atoms with E-state index in [1.807, 2.05) is 12.1 Å². The van der Waals surface area contributed by atoms with Gasteiger partial charge in [0.2, 0.25) is 0 Å². The van der Waals surface area contributed by atoms with Crippen molar-refractivity contribution in [2.45, 2.75) is 18.6 Å². The van der Waals surface area contributed by atoms with Crippen LogP contribution < -0.4 is 9.91 Å². The molecule has 8 heteroatoms. The topological polar surface area (TPSA) is 31.3 Å². The van der Waals surface area contributed by atoms with Crippen LogP contribution in [0.1, 0.15) is 22.7 Å². The fourth-order valence-corrected chi connectivity index (χ4v) is 8.59. The summed E-state index contributed by atoms with van der Waals surface area (Å²) in [6.45, 7) is 0.436. The van der Waals surface area contributed by atoms with Crippen LogP contribution in [-0.2, 0) is 11.2 Å². The third-order valence-electron chi connectivity index (χ3n) is 7.93. The molecule has 0 N–H and O–H groups in total. The molecule has 4 aromatic carbocycles. The van der Waals surface area contributed by atoms with Crippen molar-refractivity contribution in [3.8, 4) is 0 Å². The van der Waals surface area contributed by atoms with Gasteiger partial charge in [-0.1, -0.05) is 94.8 Å². The highest BCUT2D eigenvalue weighted by atomic mass is 79.9. The Morgan fingerprint density at radius 2 is 1.57 bits per heavy atom. The zero-order chi connectivity index (χ0) is 28.8. The van der Waals surface area contributed by atoms with Crippen LogP contribution >= 0.6 is 47.8 Å². The van der Waals surface area contributed by atoms with Crippen LogP contribution in [0.4, 0.5) is 11.4 Å². The highest BCUT2D eigenvalue weighted by Gasteiger charge is 2.49. The molecule has 2 atom stereocenters. The molecule has 7 rings (SSSR count). The van der Waals surface area contributed by atoms with Crippen molar-refractivity contribution in [3.63, 3.8) is 0 Å². The standard InChI is InChI=1S/C34H27Br3N4O/c1-39(25-13-6-3-7-14-25)29(17-16-22-10-4-2-5-11-22)34-40-31(38-41(34)33-27(36)19-24(35)20-28(33)37)21-42-30-18-23-12-8-9-15-26(23)32(30)40/h2-17,19-20,30,32H,18,21H2,1H3/b17-16+,34-29-/t30-,32+/m1/s1. The van der Waals surface area contributed by atoms with Crippen LogP contribution in [0.2, 0.25) is 0 Å². The van der Waals surface area contributed by atoms with E-state index in [1.165, 1.54) is 11.1 Å². The number of hydrogen-bond acceptors (Lipinski definition) is 5.